The first-order chi connectivity index (χ1) is 8.83. The summed E-state index contributed by atoms with van der Waals surface area (Å²) < 4.78 is 27.8. The van der Waals surface area contributed by atoms with Crippen LogP contribution in [0.5, 0.6) is 0 Å². The molecule has 0 aliphatic heterocycles. The maximum absolute atomic E-state index is 12.0. The van der Waals surface area contributed by atoms with Crippen molar-refractivity contribution in [3.63, 3.8) is 0 Å². The molecule has 0 heterocycles. The summed E-state index contributed by atoms with van der Waals surface area (Å²) in [6.45, 7) is 1.88. The highest BCUT2D eigenvalue weighted by Gasteiger charge is 2.26. The van der Waals surface area contributed by atoms with Crippen LogP contribution in [0.4, 0.5) is 0 Å². The minimum absolute atomic E-state index is 0.0119. The van der Waals surface area contributed by atoms with Gasteiger partial charge in [0.25, 0.3) is 10.2 Å². The molecule has 0 amide bonds. The summed E-state index contributed by atoms with van der Waals surface area (Å²) in [6.07, 6.45) is 5.48. The Morgan fingerprint density at radius 1 is 1.37 bits per heavy atom. The Kier molecular flexibility index (Phi) is 6.22. The zero-order chi connectivity index (χ0) is 14.5. The van der Waals surface area contributed by atoms with E-state index in [1.54, 1.807) is 0 Å². The Hall–Kier alpha value is -0.660. The summed E-state index contributed by atoms with van der Waals surface area (Å²) in [6, 6.07) is -0.0995. The second-order valence-electron chi connectivity index (χ2n) is 5.27. The lowest BCUT2D eigenvalue weighted by molar-refractivity contribution is -0.137. The van der Waals surface area contributed by atoms with Gasteiger partial charge in [-0.25, -0.2) is 0 Å². The van der Waals surface area contributed by atoms with E-state index in [1.807, 2.05) is 6.92 Å². The Morgan fingerprint density at radius 3 is 2.47 bits per heavy atom. The van der Waals surface area contributed by atoms with Crippen molar-refractivity contribution in [2.75, 3.05) is 13.6 Å². The van der Waals surface area contributed by atoms with Gasteiger partial charge in [0.2, 0.25) is 0 Å². The van der Waals surface area contributed by atoms with E-state index in [-0.39, 0.29) is 19.0 Å². The minimum atomic E-state index is -3.58. The highest BCUT2D eigenvalue weighted by molar-refractivity contribution is 7.87. The molecule has 19 heavy (non-hydrogen) atoms. The molecule has 1 saturated carbocycles. The molecule has 0 radical (unpaired) electrons. The van der Waals surface area contributed by atoms with Crippen molar-refractivity contribution in [2.45, 2.75) is 51.5 Å². The average molecular weight is 292 g/mol. The first kappa shape index (κ1) is 16.4. The van der Waals surface area contributed by atoms with E-state index in [1.165, 1.54) is 13.5 Å². The van der Waals surface area contributed by atoms with Gasteiger partial charge in [-0.15, -0.1) is 0 Å². The number of carboxylic acid groups (broad SMARTS) is 1. The van der Waals surface area contributed by atoms with Crippen LogP contribution in [0, 0.1) is 5.92 Å². The molecule has 6 nitrogen and oxygen atoms in total. The second-order valence-corrected chi connectivity index (χ2v) is 7.08. The third-order valence-electron chi connectivity index (χ3n) is 3.74. The van der Waals surface area contributed by atoms with E-state index in [2.05, 4.69) is 4.72 Å². The van der Waals surface area contributed by atoms with Gasteiger partial charge in [-0.1, -0.05) is 19.3 Å². The first-order valence-corrected chi connectivity index (χ1v) is 8.22. The lowest BCUT2D eigenvalue weighted by atomic mass is 9.85. The zero-order valence-corrected chi connectivity index (χ0v) is 12.4. The molecule has 1 aliphatic rings. The number of carboxylic acids is 1. The SMILES string of the molecule is C[C@H](NS(=O)(=O)N(C)CCC(=O)O)C1CCCCC1. The van der Waals surface area contributed by atoms with Crippen molar-refractivity contribution in [2.24, 2.45) is 5.92 Å². The van der Waals surface area contributed by atoms with E-state index < -0.39 is 16.2 Å². The molecule has 0 aromatic heterocycles. The number of hydrogen-bond donors (Lipinski definition) is 2. The highest BCUT2D eigenvalue weighted by Crippen LogP contribution is 2.26. The van der Waals surface area contributed by atoms with Crippen molar-refractivity contribution >= 4 is 16.2 Å². The number of rotatable bonds is 7. The molecule has 2 N–H and O–H groups in total. The van der Waals surface area contributed by atoms with Gasteiger partial charge in [-0.3, -0.25) is 4.79 Å². The molecule has 1 atom stereocenters. The average Bonchev–Trinajstić information content (AvgIpc) is 2.36. The molecule has 1 rings (SSSR count). The van der Waals surface area contributed by atoms with Gasteiger partial charge in [-0.05, 0) is 25.7 Å². The molecule has 0 aromatic carbocycles. The number of aliphatic carboxylic acids is 1. The van der Waals surface area contributed by atoms with Gasteiger partial charge in [0.15, 0.2) is 0 Å². The Morgan fingerprint density at radius 2 is 1.95 bits per heavy atom. The van der Waals surface area contributed by atoms with Crippen LogP contribution in [0.1, 0.15) is 45.4 Å². The van der Waals surface area contributed by atoms with Gasteiger partial charge in [0, 0.05) is 19.6 Å². The topological polar surface area (TPSA) is 86.7 Å². The highest BCUT2D eigenvalue weighted by atomic mass is 32.2. The molecular formula is C12H24N2O4S. The summed E-state index contributed by atoms with van der Waals surface area (Å²) in [5.41, 5.74) is 0. The third kappa shape index (κ3) is 5.46. The van der Waals surface area contributed by atoms with Gasteiger partial charge >= 0.3 is 5.97 Å². The maximum Gasteiger partial charge on any atom is 0.304 e. The van der Waals surface area contributed by atoms with Crippen molar-refractivity contribution in [3.8, 4) is 0 Å². The predicted molar refractivity (Wildman–Crippen MR) is 73.0 cm³/mol. The summed E-state index contributed by atoms with van der Waals surface area (Å²) in [7, 11) is -2.18. The molecule has 0 spiro atoms. The van der Waals surface area contributed by atoms with Crippen molar-refractivity contribution in [3.05, 3.63) is 0 Å². The third-order valence-corrected chi connectivity index (χ3v) is 5.42. The maximum atomic E-state index is 12.0. The van der Waals surface area contributed by atoms with Crippen molar-refractivity contribution in [1.29, 1.82) is 0 Å². The van der Waals surface area contributed by atoms with Crippen LogP contribution in [0.25, 0.3) is 0 Å². The fraction of sp³-hybridized carbons (Fsp3) is 0.917. The largest absolute Gasteiger partial charge is 0.481 e. The number of nitrogens with one attached hydrogen (secondary N) is 1. The van der Waals surface area contributed by atoms with Gasteiger partial charge < -0.3 is 5.11 Å². The second kappa shape index (κ2) is 7.21. The first-order valence-electron chi connectivity index (χ1n) is 6.78. The van der Waals surface area contributed by atoms with E-state index in [0.29, 0.717) is 5.92 Å². The molecule has 0 saturated heterocycles. The van der Waals surface area contributed by atoms with E-state index in [4.69, 9.17) is 5.11 Å². The van der Waals surface area contributed by atoms with Crippen molar-refractivity contribution < 1.29 is 18.3 Å². The quantitative estimate of drug-likeness (QED) is 0.738. The Balaban J connectivity index is 2.50. The van der Waals surface area contributed by atoms with E-state index in [0.717, 1.165) is 30.0 Å². The molecule has 0 bridgehead atoms. The normalized spacial score (nSPS) is 19.5. The summed E-state index contributed by atoms with van der Waals surface area (Å²) >= 11 is 0. The van der Waals surface area contributed by atoms with Gasteiger partial charge in [-0.2, -0.15) is 17.4 Å². The minimum Gasteiger partial charge on any atom is -0.481 e. The Bertz CT molecular complexity index is 391. The van der Waals surface area contributed by atoms with Crippen LogP contribution in [-0.2, 0) is 15.0 Å². The number of carbonyl (C=O) groups is 1. The predicted octanol–water partition coefficient (Wildman–Crippen LogP) is 1.20. The van der Waals surface area contributed by atoms with Crippen LogP contribution in [0.2, 0.25) is 0 Å². The number of nitrogens with zero attached hydrogens (tertiary/aromatic N) is 1. The molecule has 1 fully saturated rings. The molecule has 0 unspecified atom stereocenters. The van der Waals surface area contributed by atoms with Crippen molar-refractivity contribution in [1.82, 2.24) is 9.03 Å². The van der Waals surface area contributed by atoms with Crippen LogP contribution in [0.3, 0.4) is 0 Å². The summed E-state index contributed by atoms with van der Waals surface area (Å²) in [5.74, 6) is -0.612. The summed E-state index contributed by atoms with van der Waals surface area (Å²) in [5, 5.41) is 8.57. The Labute approximate surface area is 115 Å². The fourth-order valence-corrected chi connectivity index (χ4v) is 3.60. The van der Waals surface area contributed by atoms with E-state index in [9.17, 15) is 13.2 Å². The standard InChI is InChI=1S/C12H24N2O4S/c1-10(11-6-4-3-5-7-11)13-19(17,18)14(2)9-8-12(15)16/h10-11,13H,3-9H2,1-2H3,(H,15,16)/t10-/m0/s1. The van der Waals surface area contributed by atoms with E-state index >= 15 is 0 Å². The monoisotopic (exact) mass is 292 g/mol. The van der Waals surface area contributed by atoms with Crippen LogP contribution in [-0.4, -0.2) is 43.4 Å². The van der Waals surface area contributed by atoms with Crippen LogP contribution < -0.4 is 4.72 Å². The molecule has 112 valence electrons. The van der Waals surface area contributed by atoms with Gasteiger partial charge in [0.05, 0.1) is 6.42 Å². The zero-order valence-electron chi connectivity index (χ0n) is 11.6. The molecule has 0 aromatic rings. The molecule has 7 heteroatoms. The van der Waals surface area contributed by atoms with Crippen LogP contribution >= 0.6 is 0 Å². The van der Waals surface area contributed by atoms with Crippen LogP contribution in [0.15, 0.2) is 0 Å². The molecular weight excluding hydrogens is 268 g/mol. The smallest absolute Gasteiger partial charge is 0.304 e. The molecule has 1 aliphatic carbocycles. The lowest BCUT2D eigenvalue weighted by Gasteiger charge is -2.29. The lowest BCUT2D eigenvalue weighted by Crippen LogP contribution is -2.46. The number of hydrogen-bond acceptors (Lipinski definition) is 3. The fourth-order valence-electron chi connectivity index (χ4n) is 2.43. The summed E-state index contributed by atoms with van der Waals surface area (Å²) in [4.78, 5) is 10.5. The van der Waals surface area contributed by atoms with Gasteiger partial charge in [0.1, 0.15) is 0 Å².